The van der Waals surface area contributed by atoms with Gasteiger partial charge in [0.15, 0.2) is 5.75 Å². The van der Waals surface area contributed by atoms with Gasteiger partial charge in [0.05, 0.1) is 5.92 Å². The Morgan fingerprint density at radius 2 is 1.79 bits per heavy atom. The third-order valence-corrected chi connectivity index (χ3v) is 9.48. The number of carbonyl (C=O) groups is 3. The molecule has 0 aromatic heterocycles. The van der Waals surface area contributed by atoms with E-state index in [0.29, 0.717) is 50.1 Å². The molecule has 2 aromatic rings. The molecule has 3 atom stereocenters. The molecule has 2 heterocycles. The average Bonchev–Trinajstić information content (AvgIpc) is 3.86. The molecule has 3 amide bonds. The van der Waals surface area contributed by atoms with Gasteiger partial charge in [-0.1, -0.05) is 22.4 Å². The molecule has 0 radical (unpaired) electrons. The number of hydrogen-bond acceptors (Lipinski definition) is 7. The summed E-state index contributed by atoms with van der Waals surface area (Å²) in [5, 5.41) is 0. The Morgan fingerprint density at radius 1 is 1.04 bits per heavy atom. The van der Waals surface area contributed by atoms with Crippen LogP contribution in [0.5, 0.6) is 5.75 Å². The maximum atomic E-state index is 14.8. The lowest BCUT2D eigenvalue weighted by Crippen LogP contribution is -2.51. The number of halogens is 3. The number of aryl methyl sites for hydroxylation is 1. The minimum absolute atomic E-state index is 0.00905. The zero-order valence-corrected chi connectivity index (χ0v) is 28.5. The van der Waals surface area contributed by atoms with Gasteiger partial charge in [-0.25, -0.2) is 4.79 Å². The minimum Gasteiger partial charge on any atom is -0.444 e. The number of amides is 3. The van der Waals surface area contributed by atoms with Crippen molar-refractivity contribution in [3.05, 3.63) is 53.6 Å². The molecule has 14 heteroatoms. The third kappa shape index (κ3) is 8.49. The van der Waals surface area contributed by atoms with Crippen molar-refractivity contribution < 1.29 is 45.4 Å². The predicted molar refractivity (Wildman–Crippen MR) is 175 cm³/mol. The lowest BCUT2D eigenvalue weighted by Gasteiger charge is -2.41. The molecular weight excluding hydrogens is 651 g/mol. The molecule has 262 valence electrons. The normalized spacial score (nSPS) is 20.6. The van der Waals surface area contributed by atoms with E-state index in [1.807, 2.05) is 18.2 Å². The fourth-order valence-corrected chi connectivity index (χ4v) is 6.77. The van der Waals surface area contributed by atoms with E-state index in [0.717, 1.165) is 24.1 Å². The van der Waals surface area contributed by atoms with Crippen molar-refractivity contribution in [2.45, 2.75) is 82.4 Å². The van der Waals surface area contributed by atoms with Crippen LogP contribution in [0.3, 0.4) is 0 Å². The number of piperidine rings is 1. The average molecular weight is 695 g/mol. The molecule has 3 aliphatic rings. The van der Waals surface area contributed by atoms with Gasteiger partial charge in [0.2, 0.25) is 11.8 Å². The SMILES string of the molecule is COCCCN1C(=O)CCc2ccc(N(C(=O)C3CN(C(=O)OC(C)(C)C)CCC3c3cccc(O[SH+](=O)C(F)(F)F)c3)C3CC3)cc21. The van der Waals surface area contributed by atoms with Gasteiger partial charge >= 0.3 is 22.7 Å². The van der Waals surface area contributed by atoms with Crippen LogP contribution < -0.4 is 14.0 Å². The Kier molecular flexibility index (Phi) is 10.7. The first-order valence-corrected chi connectivity index (χ1v) is 17.4. The Morgan fingerprint density at radius 3 is 2.46 bits per heavy atom. The van der Waals surface area contributed by atoms with Crippen LogP contribution in [0.15, 0.2) is 42.5 Å². The molecule has 2 aromatic carbocycles. The van der Waals surface area contributed by atoms with Gasteiger partial charge in [-0.2, -0.15) is 0 Å². The standard InChI is InChI=1S/C34H42F3N3O7S/c1-33(2,3)46-32(43)38-17-15-27(23-7-5-8-26(19-23)47-48(44)34(35,36)37)28(21-38)31(42)40(24-12-13-24)25-11-9-22-10-14-30(41)39(29(22)20-25)16-6-18-45-4/h5,7-9,11,19-20,24,27-28H,6,10,12-18,21H2,1-4H3/p+1. The summed E-state index contributed by atoms with van der Waals surface area (Å²) < 4.78 is 66.4. The zero-order valence-electron chi connectivity index (χ0n) is 27.6. The highest BCUT2D eigenvalue weighted by Crippen LogP contribution is 2.42. The topological polar surface area (TPSA) is 106 Å². The van der Waals surface area contributed by atoms with E-state index in [9.17, 15) is 31.8 Å². The molecule has 0 N–H and O–H groups in total. The molecule has 10 nitrogen and oxygen atoms in total. The third-order valence-electron chi connectivity index (χ3n) is 8.69. The Hall–Kier alpha value is -3.65. The molecule has 2 fully saturated rings. The monoisotopic (exact) mass is 694 g/mol. The van der Waals surface area contributed by atoms with Crippen molar-refractivity contribution in [2.75, 3.05) is 43.2 Å². The van der Waals surface area contributed by atoms with E-state index in [4.69, 9.17) is 13.7 Å². The predicted octanol–water partition coefficient (Wildman–Crippen LogP) is 6.05. The van der Waals surface area contributed by atoms with E-state index < -0.39 is 40.1 Å². The number of thiol groups is 1. The number of nitrogens with zero attached hydrogens (tertiary/aromatic N) is 3. The van der Waals surface area contributed by atoms with Crippen LogP contribution in [0.2, 0.25) is 0 Å². The van der Waals surface area contributed by atoms with Crippen LogP contribution in [0.1, 0.15) is 69.9 Å². The van der Waals surface area contributed by atoms with E-state index in [1.165, 1.54) is 23.1 Å². The summed E-state index contributed by atoms with van der Waals surface area (Å²) in [7, 11) is 1.61. The molecule has 0 spiro atoms. The molecule has 2 aliphatic heterocycles. The van der Waals surface area contributed by atoms with Crippen molar-refractivity contribution in [3.8, 4) is 5.75 Å². The van der Waals surface area contributed by atoms with Gasteiger partial charge in [-0.3, -0.25) is 13.8 Å². The lowest BCUT2D eigenvalue weighted by molar-refractivity contribution is -0.124. The number of likely N-dealkylation sites (tertiary alicyclic amines) is 1. The number of alkyl halides is 3. The summed E-state index contributed by atoms with van der Waals surface area (Å²) in [6, 6.07) is 11.5. The summed E-state index contributed by atoms with van der Waals surface area (Å²) in [6.07, 6.45) is 2.97. The van der Waals surface area contributed by atoms with Crippen molar-refractivity contribution in [1.29, 1.82) is 0 Å². The van der Waals surface area contributed by atoms with Crippen LogP contribution in [-0.4, -0.2) is 73.3 Å². The maximum Gasteiger partial charge on any atom is 0.615 e. The van der Waals surface area contributed by atoms with Gasteiger partial charge in [0, 0.05) is 57.2 Å². The molecule has 5 rings (SSSR count). The van der Waals surface area contributed by atoms with Crippen molar-refractivity contribution in [3.63, 3.8) is 0 Å². The van der Waals surface area contributed by atoms with Crippen molar-refractivity contribution >= 4 is 40.4 Å². The number of fused-ring (bicyclic) bond motifs is 1. The summed E-state index contributed by atoms with van der Waals surface area (Å²) >= 11 is -3.97. The Bertz CT molecular complexity index is 1540. The quantitative estimate of drug-likeness (QED) is 0.170. The van der Waals surface area contributed by atoms with Crippen molar-refractivity contribution in [1.82, 2.24) is 4.90 Å². The van der Waals surface area contributed by atoms with E-state index in [-0.39, 0.29) is 36.7 Å². The number of anilines is 2. The van der Waals surface area contributed by atoms with Gasteiger partial charge < -0.3 is 24.2 Å². The first-order valence-electron chi connectivity index (χ1n) is 16.2. The van der Waals surface area contributed by atoms with E-state index in [2.05, 4.69) is 0 Å². The summed E-state index contributed by atoms with van der Waals surface area (Å²) in [5.41, 5.74) is -2.83. The highest BCUT2D eigenvalue weighted by Gasteiger charge is 2.48. The summed E-state index contributed by atoms with van der Waals surface area (Å²) in [4.78, 5) is 45.9. The summed E-state index contributed by atoms with van der Waals surface area (Å²) in [6.45, 7) is 6.53. The highest BCUT2D eigenvalue weighted by atomic mass is 32.2. The van der Waals surface area contributed by atoms with Gasteiger partial charge in [-0.15, -0.1) is 13.2 Å². The van der Waals surface area contributed by atoms with Crippen LogP contribution in [0.25, 0.3) is 0 Å². The van der Waals surface area contributed by atoms with Crippen molar-refractivity contribution in [2.24, 2.45) is 5.92 Å². The van der Waals surface area contributed by atoms with Gasteiger partial charge in [0.1, 0.15) is 5.60 Å². The Labute approximate surface area is 281 Å². The minimum atomic E-state index is -5.02. The summed E-state index contributed by atoms with van der Waals surface area (Å²) in [5.74, 6) is -1.73. The molecule has 3 unspecified atom stereocenters. The van der Waals surface area contributed by atoms with Crippen LogP contribution in [0, 0.1) is 5.92 Å². The molecule has 1 saturated heterocycles. The number of methoxy groups -OCH3 is 1. The number of ether oxygens (including phenoxy) is 2. The number of hydrogen-bond donors (Lipinski definition) is 0. The number of rotatable bonds is 10. The first-order chi connectivity index (χ1) is 22.7. The fourth-order valence-electron chi connectivity index (χ4n) is 6.36. The second-order valence-corrected chi connectivity index (χ2v) is 14.7. The number of benzene rings is 2. The second kappa shape index (κ2) is 14.5. The molecule has 1 aliphatic carbocycles. The second-order valence-electron chi connectivity index (χ2n) is 13.5. The largest absolute Gasteiger partial charge is 0.615 e. The van der Waals surface area contributed by atoms with Crippen LogP contribution >= 0.6 is 0 Å². The fraction of sp³-hybridized carbons (Fsp3) is 0.559. The van der Waals surface area contributed by atoms with Gasteiger partial charge in [0.25, 0.3) is 0 Å². The Balaban J connectivity index is 1.49. The van der Waals surface area contributed by atoms with E-state index >= 15 is 0 Å². The van der Waals surface area contributed by atoms with Crippen LogP contribution in [0.4, 0.5) is 29.3 Å². The number of carbonyl (C=O) groups excluding carboxylic acids is 3. The highest BCUT2D eigenvalue weighted by molar-refractivity contribution is 7.81. The zero-order chi connectivity index (χ0) is 34.8. The van der Waals surface area contributed by atoms with Crippen LogP contribution in [-0.2, 0) is 40.8 Å². The molecular formula is C34H43F3N3O7S+. The first kappa shape index (κ1) is 35.7. The molecule has 1 saturated carbocycles. The lowest BCUT2D eigenvalue weighted by atomic mass is 9.79. The van der Waals surface area contributed by atoms with E-state index in [1.54, 1.807) is 43.7 Å². The van der Waals surface area contributed by atoms with Gasteiger partial charge in [-0.05, 0) is 94.2 Å². The molecule has 48 heavy (non-hydrogen) atoms. The molecule has 0 bridgehead atoms. The smallest absolute Gasteiger partial charge is 0.444 e. The maximum absolute atomic E-state index is 14.8.